The number of aromatic nitrogens is 1. The second-order valence-corrected chi connectivity index (χ2v) is 9.97. The summed E-state index contributed by atoms with van der Waals surface area (Å²) in [6.07, 6.45) is 1.84. The van der Waals surface area contributed by atoms with Gasteiger partial charge in [-0.1, -0.05) is 103 Å². The maximum atomic E-state index is 14.5. The van der Waals surface area contributed by atoms with Gasteiger partial charge in [0, 0.05) is 27.5 Å². The third-order valence-corrected chi connectivity index (χ3v) is 8.51. The van der Waals surface area contributed by atoms with Crippen LogP contribution in [0.3, 0.4) is 0 Å². The molecule has 1 heterocycles. The third kappa shape index (κ3) is 3.16. The summed E-state index contributed by atoms with van der Waals surface area (Å²) in [5.41, 5.74) is 3.18. The summed E-state index contributed by atoms with van der Waals surface area (Å²) in [5, 5.41) is 3.64. The van der Waals surface area contributed by atoms with Crippen molar-refractivity contribution in [3.63, 3.8) is 0 Å². The summed E-state index contributed by atoms with van der Waals surface area (Å²) in [6, 6.07) is 37.8. The number of benzene rings is 4. The Balaban J connectivity index is 1.65. The van der Waals surface area contributed by atoms with Crippen molar-refractivity contribution in [1.29, 1.82) is 0 Å². The highest BCUT2D eigenvalue weighted by atomic mass is 31.2. The van der Waals surface area contributed by atoms with E-state index < -0.39 is 7.14 Å². The Hall–Kier alpha value is -3.48. The molecule has 5 aromatic rings. The van der Waals surface area contributed by atoms with Gasteiger partial charge >= 0.3 is 0 Å². The van der Waals surface area contributed by atoms with Crippen molar-refractivity contribution >= 4 is 34.0 Å². The van der Waals surface area contributed by atoms with Gasteiger partial charge in [0.15, 0.2) is 7.14 Å². The fraction of sp³-hybridized carbons (Fsp3) is 0. The molecule has 3 heteroatoms. The first kappa shape index (κ1) is 18.5. The van der Waals surface area contributed by atoms with Gasteiger partial charge in [0.05, 0.1) is 5.52 Å². The molecule has 0 spiro atoms. The van der Waals surface area contributed by atoms with E-state index in [4.69, 9.17) is 0 Å². The zero-order valence-electron chi connectivity index (χ0n) is 16.3. The van der Waals surface area contributed by atoms with Crippen molar-refractivity contribution in [3.8, 4) is 11.1 Å². The Morgan fingerprint density at radius 3 is 1.70 bits per heavy atom. The van der Waals surface area contributed by atoms with Crippen LogP contribution in [0, 0.1) is 0 Å². The molecule has 0 saturated carbocycles. The van der Waals surface area contributed by atoms with Crippen LogP contribution in [0.4, 0.5) is 0 Å². The first-order valence-corrected chi connectivity index (χ1v) is 11.6. The van der Waals surface area contributed by atoms with Gasteiger partial charge < -0.3 is 4.57 Å². The Kier molecular flexibility index (Phi) is 4.78. The molecule has 0 saturated heterocycles. The number of hydrogen-bond donors (Lipinski definition) is 0. The van der Waals surface area contributed by atoms with Crippen LogP contribution >= 0.6 is 7.14 Å². The fourth-order valence-corrected chi connectivity index (χ4v) is 6.57. The lowest BCUT2D eigenvalue weighted by Crippen LogP contribution is -2.24. The molecular weight excluding hydrogens is 385 g/mol. The summed E-state index contributed by atoms with van der Waals surface area (Å²) >= 11 is 0. The van der Waals surface area contributed by atoms with E-state index >= 15 is 0 Å². The van der Waals surface area contributed by atoms with Crippen molar-refractivity contribution in [2.24, 2.45) is 0 Å². The van der Waals surface area contributed by atoms with Gasteiger partial charge in [0.2, 0.25) is 0 Å². The van der Waals surface area contributed by atoms with Crippen LogP contribution < -0.4 is 15.9 Å². The monoisotopic (exact) mass is 405 g/mol. The van der Waals surface area contributed by atoms with Gasteiger partial charge in [-0.15, -0.1) is 0 Å². The van der Waals surface area contributed by atoms with Crippen molar-refractivity contribution in [2.75, 3.05) is 0 Å². The number of rotatable bonds is 4. The highest BCUT2D eigenvalue weighted by molar-refractivity contribution is 7.85. The van der Waals surface area contributed by atoms with Gasteiger partial charge in [-0.3, -0.25) is 4.98 Å². The van der Waals surface area contributed by atoms with E-state index in [1.165, 1.54) is 0 Å². The largest absolute Gasteiger partial charge is 0.309 e. The average molecular weight is 405 g/mol. The van der Waals surface area contributed by atoms with Gasteiger partial charge in [0.25, 0.3) is 0 Å². The van der Waals surface area contributed by atoms with Crippen molar-refractivity contribution in [3.05, 3.63) is 121 Å². The van der Waals surface area contributed by atoms with Crippen LogP contribution in [0.5, 0.6) is 0 Å². The van der Waals surface area contributed by atoms with E-state index in [1.54, 1.807) is 0 Å². The quantitative estimate of drug-likeness (QED) is 0.368. The molecule has 0 aliphatic heterocycles. The minimum Gasteiger partial charge on any atom is -0.309 e. The lowest BCUT2D eigenvalue weighted by atomic mass is 10.0. The minimum atomic E-state index is -2.95. The fourth-order valence-electron chi connectivity index (χ4n) is 3.92. The average Bonchev–Trinajstić information content (AvgIpc) is 2.84. The number of hydrogen-bond acceptors (Lipinski definition) is 2. The zero-order valence-corrected chi connectivity index (χ0v) is 17.2. The molecule has 0 fully saturated rings. The van der Waals surface area contributed by atoms with E-state index in [0.717, 1.165) is 37.9 Å². The SMILES string of the molecule is O=P(c1ccccc1)(c1ccccc1)c1ccc(-c2ccnc3ccccc23)cc1. The standard InChI is InChI=1S/C27H20NOP/c29-30(22-9-3-1-4-10-22,23-11-5-2-6-12-23)24-17-15-21(16-18-24)25-19-20-28-27-14-8-7-13-26(25)27/h1-20H. The lowest BCUT2D eigenvalue weighted by molar-refractivity contribution is 0.592. The van der Waals surface area contributed by atoms with Gasteiger partial charge in [0.1, 0.15) is 0 Å². The second-order valence-electron chi connectivity index (χ2n) is 7.20. The first-order valence-electron chi connectivity index (χ1n) is 9.93. The normalized spacial score (nSPS) is 11.5. The van der Waals surface area contributed by atoms with E-state index in [9.17, 15) is 4.57 Å². The molecule has 0 unspecified atom stereocenters. The molecule has 0 amide bonds. The summed E-state index contributed by atoms with van der Waals surface area (Å²) in [4.78, 5) is 4.46. The Bertz CT molecular complexity index is 1300. The molecule has 0 radical (unpaired) electrons. The highest BCUT2D eigenvalue weighted by Crippen LogP contribution is 2.42. The van der Waals surface area contributed by atoms with Gasteiger partial charge in [-0.25, -0.2) is 0 Å². The molecule has 0 aliphatic carbocycles. The smallest absolute Gasteiger partial charge is 0.171 e. The zero-order chi connectivity index (χ0) is 20.4. The molecule has 0 atom stereocenters. The summed E-state index contributed by atoms with van der Waals surface area (Å²) in [7, 11) is -2.95. The molecule has 4 aromatic carbocycles. The predicted molar refractivity (Wildman–Crippen MR) is 127 cm³/mol. The molecule has 0 N–H and O–H groups in total. The summed E-state index contributed by atoms with van der Waals surface area (Å²) < 4.78 is 14.5. The molecule has 1 aromatic heterocycles. The highest BCUT2D eigenvalue weighted by Gasteiger charge is 2.29. The molecule has 0 aliphatic rings. The maximum Gasteiger partial charge on any atom is 0.171 e. The van der Waals surface area contributed by atoms with Crippen LogP contribution in [0.1, 0.15) is 0 Å². The number of nitrogens with zero attached hydrogens (tertiary/aromatic N) is 1. The number of pyridine rings is 1. The van der Waals surface area contributed by atoms with Crippen LogP contribution in [-0.2, 0) is 4.57 Å². The minimum absolute atomic E-state index is 0.835. The van der Waals surface area contributed by atoms with E-state index in [2.05, 4.69) is 23.2 Å². The molecule has 30 heavy (non-hydrogen) atoms. The van der Waals surface area contributed by atoms with Crippen LogP contribution in [0.15, 0.2) is 121 Å². The molecule has 144 valence electrons. The Morgan fingerprint density at radius 1 is 0.533 bits per heavy atom. The topological polar surface area (TPSA) is 30.0 Å². The predicted octanol–water partition coefficient (Wildman–Crippen LogP) is 5.54. The van der Waals surface area contributed by atoms with Crippen LogP contribution in [-0.4, -0.2) is 4.98 Å². The van der Waals surface area contributed by atoms with Crippen molar-refractivity contribution in [1.82, 2.24) is 4.98 Å². The number of fused-ring (bicyclic) bond motifs is 1. The molecule has 2 nitrogen and oxygen atoms in total. The van der Waals surface area contributed by atoms with E-state index in [-0.39, 0.29) is 0 Å². The van der Waals surface area contributed by atoms with Crippen molar-refractivity contribution in [2.45, 2.75) is 0 Å². The Morgan fingerprint density at radius 2 is 1.07 bits per heavy atom. The van der Waals surface area contributed by atoms with Gasteiger partial charge in [-0.2, -0.15) is 0 Å². The van der Waals surface area contributed by atoms with E-state index in [0.29, 0.717) is 0 Å². The summed E-state index contributed by atoms with van der Waals surface area (Å²) in [5.74, 6) is 0. The Labute approximate surface area is 176 Å². The first-order chi connectivity index (χ1) is 14.8. The van der Waals surface area contributed by atoms with Crippen molar-refractivity contribution < 1.29 is 4.57 Å². The van der Waals surface area contributed by atoms with Crippen LogP contribution in [0.2, 0.25) is 0 Å². The molecule has 5 rings (SSSR count). The third-order valence-electron chi connectivity index (χ3n) is 5.43. The number of para-hydroxylation sites is 1. The molecular formula is C27H20NOP. The van der Waals surface area contributed by atoms with Crippen LogP contribution in [0.25, 0.3) is 22.0 Å². The maximum absolute atomic E-state index is 14.5. The second kappa shape index (κ2) is 7.74. The lowest BCUT2D eigenvalue weighted by Gasteiger charge is -2.20. The van der Waals surface area contributed by atoms with E-state index in [1.807, 2.05) is 103 Å². The summed E-state index contributed by atoms with van der Waals surface area (Å²) in [6.45, 7) is 0. The molecule has 0 bridgehead atoms. The van der Waals surface area contributed by atoms with Gasteiger partial charge in [-0.05, 0) is 23.3 Å².